The monoisotopic (exact) mass is 413 g/mol. The number of fused-ring (bicyclic) bond motifs is 1. The summed E-state index contributed by atoms with van der Waals surface area (Å²) >= 11 is 7.33. The molecule has 1 atom stereocenters. The zero-order valence-electron chi connectivity index (χ0n) is 15.0. The second kappa shape index (κ2) is 7.83. The highest BCUT2D eigenvalue weighted by atomic mass is 35.5. The lowest BCUT2D eigenvalue weighted by Gasteiger charge is -2.14. The van der Waals surface area contributed by atoms with E-state index in [1.165, 1.54) is 23.5 Å². The molecule has 0 saturated carbocycles. The molecule has 0 unspecified atom stereocenters. The van der Waals surface area contributed by atoms with Crippen LogP contribution in [0.15, 0.2) is 58.7 Å². The zero-order valence-corrected chi connectivity index (χ0v) is 16.6. The van der Waals surface area contributed by atoms with Crippen LogP contribution in [0.5, 0.6) is 0 Å². The van der Waals surface area contributed by atoms with Gasteiger partial charge in [0.25, 0.3) is 5.56 Å². The van der Waals surface area contributed by atoms with E-state index in [1.54, 1.807) is 12.1 Å². The fourth-order valence-corrected chi connectivity index (χ4v) is 4.13. The van der Waals surface area contributed by atoms with E-state index in [9.17, 15) is 9.18 Å². The number of nitrogens with one attached hydrogen (secondary N) is 2. The van der Waals surface area contributed by atoms with E-state index < -0.39 is 0 Å². The fraction of sp³-hybridized carbons (Fsp3) is 0.143. The molecule has 0 aliphatic carbocycles. The number of halogens is 2. The third kappa shape index (κ3) is 3.85. The van der Waals surface area contributed by atoms with Gasteiger partial charge in [-0.1, -0.05) is 35.9 Å². The molecule has 4 nitrogen and oxygen atoms in total. The van der Waals surface area contributed by atoms with Gasteiger partial charge in [0.2, 0.25) is 0 Å². The molecule has 0 bridgehead atoms. The third-order valence-electron chi connectivity index (χ3n) is 4.59. The first kappa shape index (κ1) is 18.8. The third-order valence-corrected chi connectivity index (χ3v) is 5.72. The molecule has 2 aromatic heterocycles. The van der Waals surface area contributed by atoms with Crippen molar-refractivity contribution in [1.29, 1.82) is 0 Å². The van der Waals surface area contributed by atoms with Crippen LogP contribution >= 0.6 is 22.9 Å². The molecule has 0 spiro atoms. The van der Waals surface area contributed by atoms with Crippen molar-refractivity contribution in [3.05, 3.63) is 86.5 Å². The Labute approximate surface area is 170 Å². The standard InChI is InChI=1S/C21H17ClFN3OS/c1-12(13-2-6-15(22)7-3-13)24-10-18-25-20(27)19-17(11-28-21(19)26-18)14-4-8-16(23)9-5-14/h2-9,11-12,24H,10H2,1H3,(H,25,26,27)/t12-/m0/s1. The molecule has 142 valence electrons. The molecule has 0 aliphatic rings. The van der Waals surface area contributed by atoms with Crippen LogP contribution in [-0.4, -0.2) is 9.97 Å². The summed E-state index contributed by atoms with van der Waals surface area (Å²) in [6.45, 7) is 2.47. The lowest BCUT2D eigenvalue weighted by molar-refractivity contribution is 0.559. The number of hydrogen-bond donors (Lipinski definition) is 2. The molecular formula is C21H17ClFN3OS. The number of nitrogens with zero attached hydrogens (tertiary/aromatic N) is 1. The van der Waals surface area contributed by atoms with Crippen molar-refractivity contribution in [3.63, 3.8) is 0 Å². The molecule has 2 N–H and O–H groups in total. The van der Waals surface area contributed by atoms with Crippen LogP contribution in [0.4, 0.5) is 4.39 Å². The highest BCUT2D eigenvalue weighted by Gasteiger charge is 2.14. The first-order chi connectivity index (χ1) is 13.5. The van der Waals surface area contributed by atoms with Crippen molar-refractivity contribution in [2.45, 2.75) is 19.5 Å². The average molecular weight is 414 g/mol. The van der Waals surface area contributed by atoms with Crippen LogP contribution in [0.25, 0.3) is 21.3 Å². The lowest BCUT2D eigenvalue weighted by Crippen LogP contribution is -2.22. The minimum Gasteiger partial charge on any atom is -0.309 e. The van der Waals surface area contributed by atoms with Gasteiger partial charge in [0.1, 0.15) is 16.5 Å². The van der Waals surface area contributed by atoms with Crippen LogP contribution < -0.4 is 10.9 Å². The maximum Gasteiger partial charge on any atom is 0.260 e. The van der Waals surface area contributed by atoms with Gasteiger partial charge in [-0.25, -0.2) is 9.37 Å². The first-order valence-corrected chi connectivity index (χ1v) is 10.0. The van der Waals surface area contributed by atoms with Crippen LogP contribution in [-0.2, 0) is 6.54 Å². The first-order valence-electron chi connectivity index (χ1n) is 8.76. The van der Waals surface area contributed by atoms with E-state index in [0.29, 0.717) is 27.6 Å². The lowest BCUT2D eigenvalue weighted by atomic mass is 10.1. The summed E-state index contributed by atoms with van der Waals surface area (Å²) in [5.74, 6) is 0.268. The van der Waals surface area contributed by atoms with Crippen molar-refractivity contribution in [3.8, 4) is 11.1 Å². The van der Waals surface area contributed by atoms with Crippen LogP contribution in [0, 0.1) is 5.82 Å². The van der Waals surface area contributed by atoms with Gasteiger partial charge in [0, 0.05) is 22.0 Å². The van der Waals surface area contributed by atoms with Gasteiger partial charge in [-0.15, -0.1) is 11.3 Å². The smallest absolute Gasteiger partial charge is 0.260 e. The summed E-state index contributed by atoms with van der Waals surface area (Å²) in [5, 5.41) is 6.47. The second-order valence-corrected chi connectivity index (χ2v) is 7.80. The number of hydrogen-bond acceptors (Lipinski definition) is 4. The van der Waals surface area contributed by atoms with Crippen LogP contribution in [0.1, 0.15) is 24.4 Å². The topological polar surface area (TPSA) is 57.8 Å². The highest BCUT2D eigenvalue weighted by Crippen LogP contribution is 2.30. The maximum atomic E-state index is 13.2. The number of benzene rings is 2. The Balaban J connectivity index is 1.57. The molecule has 4 aromatic rings. The summed E-state index contributed by atoms with van der Waals surface area (Å²) in [4.78, 5) is 20.8. The molecule has 4 rings (SSSR count). The predicted octanol–water partition coefficient (Wildman–Crippen LogP) is 5.29. The zero-order chi connectivity index (χ0) is 19.7. The van der Waals surface area contributed by atoms with Gasteiger partial charge in [-0.2, -0.15) is 0 Å². The van der Waals surface area contributed by atoms with E-state index in [1.807, 2.05) is 36.6 Å². The van der Waals surface area contributed by atoms with E-state index in [0.717, 1.165) is 16.7 Å². The molecule has 2 heterocycles. The average Bonchev–Trinajstić information content (AvgIpc) is 3.12. The molecule has 0 amide bonds. The van der Waals surface area contributed by atoms with Gasteiger partial charge >= 0.3 is 0 Å². The van der Waals surface area contributed by atoms with Crippen LogP contribution in [0.2, 0.25) is 5.02 Å². The largest absolute Gasteiger partial charge is 0.309 e. The van der Waals surface area contributed by atoms with E-state index in [-0.39, 0.29) is 17.4 Å². The SMILES string of the molecule is C[C@H](NCc1nc2scc(-c3ccc(F)cc3)c2c(=O)[nH]1)c1ccc(Cl)cc1. The van der Waals surface area contributed by atoms with Gasteiger partial charge in [0.15, 0.2) is 0 Å². The van der Waals surface area contributed by atoms with E-state index in [2.05, 4.69) is 15.3 Å². The molecule has 0 saturated heterocycles. The van der Waals surface area contributed by atoms with Gasteiger partial charge in [-0.05, 0) is 42.3 Å². The quantitative estimate of drug-likeness (QED) is 0.467. The van der Waals surface area contributed by atoms with Gasteiger partial charge in [0.05, 0.1) is 11.9 Å². The van der Waals surface area contributed by atoms with Crippen molar-refractivity contribution < 1.29 is 4.39 Å². The number of rotatable bonds is 5. The Morgan fingerprint density at radius 2 is 1.89 bits per heavy atom. The Kier molecular flexibility index (Phi) is 5.26. The number of aromatic nitrogens is 2. The van der Waals surface area contributed by atoms with Gasteiger partial charge < -0.3 is 10.3 Å². The second-order valence-electron chi connectivity index (χ2n) is 6.50. The Bertz CT molecular complexity index is 1170. The van der Waals surface area contributed by atoms with Crippen molar-refractivity contribution in [2.24, 2.45) is 0 Å². The molecule has 0 fully saturated rings. The Morgan fingerprint density at radius 3 is 2.61 bits per heavy atom. The summed E-state index contributed by atoms with van der Waals surface area (Å²) < 4.78 is 13.2. The number of H-pyrrole nitrogens is 1. The maximum absolute atomic E-state index is 13.2. The Hall–Kier alpha value is -2.54. The molecular weight excluding hydrogens is 397 g/mol. The summed E-state index contributed by atoms with van der Waals surface area (Å²) in [6, 6.07) is 13.8. The molecule has 28 heavy (non-hydrogen) atoms. The number of thiophene rings is 1. The van der Waals surface area contributed by atoms with Crippen molar-refractivity contribution >= 4 is 33.2 Å². The molecule has 2 aromatic carbocycles. The van der Waals surface area contributed by atoms with Gasteiger partial charge in [-0.3, -0.25) is 4.79 Å². The minimum atomic E-state index is -0.307. The Morgan fingerprint density at radius 1 is 1.18 bits per heavy atom. The number of aromatic amines is 1. The molecule has 7 heteroatoms. The van der Waals surface area contributed by atoms with E-state index in [4.69, 9.17) is 11.6 Å². The fourth-order valence-electron chi connectivity index (χ4n) is 3.04. The summed E-state index contributed by atoms with van der Waals surface area (Å²) in [7, 11) is 0. The van der Waals surface area contributed by atoms with Crippen molar-refractivity contribution in [2.75, 3.05) is 0 Å². The summed E-state index contributed by atoms with van der Waals surface area (Å²) in [5.41, 5.74) is 2.47. The molecule has 0 aliphatic heterocycles. The van der Waals surface area contributed by atoms with E-state index >= 15 is 0 Å². The predicted molar refractivity (Wildman–Crippen MR) is 112 cm³/mol. The minimum absolute atomic E-state index is 0.0800. The molecule has 0 radical (unpaired) electrons. The summed E-state index contributed by atoms with van der Waals surface area (Å²) in [6.07, 6.45) is 0. The normalized spacial score (nSPS) is 12.4. The highest BCUT2D eigenvalue weighted by molar-refractivity contribution is 7.17. The van der Waals surface area contributed by atoms with Crippen LogP contribution in [0.3, 0.4) is 0 Å². The van der Waals surface area contributed by atoms with Crippen molar-refractivity contribution in [1.82, 2.24) is 15.3 Å².